The quantitative estimate of drug-likeness (QED) is 0.177. The van der Waals surface area contributed by atoms with Crippen molar-refractivity contribution in [3.05, 3.63) is 35.9 Å². The summed E-state index contributed by atoms with van der Waals surface area (Å²) in [6.45, 7) is 9.04. The fourth-order valence-electron chi connectivity index (χ4n) is 3.53. The Kier molecular flexibility index (Phi) is 14.4. The molecule has 0 aromatic heterocycles. The van der Waals surface area contributed by atoms with E-state index in [0.29, 0.717) is 13.0 Å². The SMILES string of the molecule is CC(C)C[C@H](NC(=O)C(CCC(=O)O)NC(=O)OC(C)(C)C)C(=O)N[C@@H](CS)C(=O)NCCc1ccccc1. The molecule has 3 atom stereocenters. The summed E-state index contributed by atoms with van der Waals surface area (Å²) < 4.78 is 5.19. The molecule has 0 aliphatic heterocycles. The van der Waals surface area contributed by atoms with Crippen molar-refractivity contribution in [3.63, 3.8) is 0 Å². The van der Waals surface area contributed by atoms with Gasteiger partial charge in [0.25, 0.3) is 0 Å². The van der Waals surface area contributed by atoms with Crippen LogP contribution in [0.25, 0.3) is 0 Å². The lowest BCUT2D eigenvalue weighted by atomic mass is 10.0. The first-order chi connectivity index (χ1) is 18.2. The second-order valence-corrected chi connectivity index (χ2v) is 11.0. The van der Waals surface area contributed by atoms with Gasteiger partial charge in [-0.3, -0.25) is 19.2 Å². The summed E-state index contributed by atoms with van der Waals surface area (Å²) in [5, 5.41) is 19.5. The second kappa shape index (κ2) is 16.6. The van der Waals surface area contributed by atoms with Gasteiger partial charge in [0.15, 0.2) is 0 Å². The molecule has 1 rings (SSSR count). The van der Waals surface area contributed by atoms with Crippen LogP contribution in [0.15, 0.2) is 30.3 Å². The molecule has 1 aromatic rings. The van der Waals surface area contributed by atoms with E-state index in [0.717, 1.165) is 5.56 Å². The van der Waals surface area contributed by atoms with Crippen LogP contribution in [0.1, 0.15) is 59.4 Å². The predicted molar refractivity (Wildman–Crippen MR) is 150 cm³/mol. The number of carboxylic acids is 1. The van der Waals surface area contributed by atoms with Crippen LogP contribution in [-0.4, -0.2) is 70.9 Å². The first-order valence-corrected chi connectivity index (χ1v) is 13.6. The molecule has 1 aromatic carbocycles. The van der Waals surface area contributed by atoms with E-state index >= 15 is 0 Å². The maximum atomic E-state index is 13.1. The summed E-state index contributed by atoms with van der Waals surface area (Å²) in [6, 6.07) is 6.40. The van der Waals surface area contributed by atoms with E-state index in [9.17, 15) is 24.0 Å². The van der Waals surface area contributed by atoms with Crippen LogP contribution in [0.2, 0.25) is 0 Å². The van der Waals surface area contributed by atoms with E-state index in [-0.39, 0.29) is 30.9 Å². The topological polar surface area (TPSA) is 163 Å². The third-order valence-electron chi connectivity index (χ3n) is 5.37. The van der Waals surface area contributed by atoms with E-state index in [1.807, 2.05) is 44.2 Å². The molecule has 39 heavy (non-hydrogen) atoms. The van der Waals surface area contributed by atoms with Crippen LogP contribution in [0.4, 0.5) is 4.79 Å². The number of ether oxygens (including phenoxy) is 1. The van der Waals surface area contributed by atoms with E-state index in [2.05, 4.69) is 33.9 Å². The normalized spacial score (nSPS) is 13.5. The summed E-state index contributed by atoms with van der Waals surface area (Å²) in [5.41, 5.74) is 0.225. The van der Waals surface area contributed by atoms with E-state index in [1.54, 1.807) is 20.8 Å². The van der Waals surface area contributed by atoms with Crippen molar-refractivity contribution < 1.29 is 33.8 Å². The Labute approximate surface area is 235 Å². The van der Waals surface area contributed by atoms with Crippen LogP contribution in [0.3, 0.4) is 0 Å². The first-order valence-electron chi connectivity index (χ1n) is 13.0. The Hall–Kier alpha value is -3.28. The average Bonchev–Trinajstić information content (AvgIpc) is 2.83. The zero-order chi connectivity index (χ0) is 29.6. The van der Waals surface area contributed by atoms with Gasteiger partial charge >= 0.3 is 12.1 Å². The van der Waals surface area contributed by atoms with Crippen LogP contribution in [0.5, 0.6) is 0 Å². The van der Waals surface area contributed by atoms with Crippen LogP contribution >= 0.6 is 12.6 Å². The molecule has 5 N–H and O–H groups in total. The van der Waals surface area contributed by atoms with Gasteiger partial charge in [-0.15, -0.1) is 0 Å². The van der Waals surface area contributed by atoms with Gasteiger partial charge in [-0.1, -0.05) is 44.2 Å². The fourth-order valence-corrected chi connectivity index (χ4v) is 3.78. The molecule has 0 heterocycles. The van der Waals surface area contributed by atoms with Gasteiger partial charge in [-0.2, -0.15) is 12.6 Å². The lowest BCUT2D eigenvalue weighted by molar-refractivity contribution is -0.137. The Morgan fingerprint density at radius 3 is 2.03 bits per heavy atom. The lowest BCUT2D eigenvalue weighted by Gasteiger charge is -2.26. The Morgan fingerprint density at radius 1 is 0.897 bits per heavy atom. The van der Waals surface area contributed by atoms with Gasteiger partial charge in [0.2, 0.25) is 17.7 Å². The molecule has 0 spiro atoms. The summed E-state index contributed by atoms with van der Waals surface area (Å²) in [7, 11) is 0. The number of carbonyl (C=O) groups is 5. The summed E-state index contributed by atoms with van der Waals surface area (Å²) in [5.74, 6) is -2.86. The van der Waals surface area contributed by atoms with Gasteiger partial charge in [-0.05, 0) is 51.5 Å². The lowest BCUT2D eigenvalue weighted by Crippen LogP contribution is -2.57. The molecule has 0 bridgehead atoms. The van der Waals surface area contributed by atoms with Crippen molar-refractivity contribution in [3.8, 4) is 0 Å². The number of carbonyl (C=O) groups excluding carboxylic acids is 4. The monoisotopic (exact) mass is 566 g/mol. The largest absolute Gasteiger partial charge is 0.481 e. The number of thiol groups is 1. The zero-order valence-corrected chi connectivity index (χ0v) is 24.2. The highest BCUT2D eigenvalue weighted by molar-refractivity contribution is 7.80. The van der Waals surface area contributed by atoms with Crippen LogP contribution in [0, 0.1) is 5.92 Å². The zero-order valence-electron chi connectivity index (χ0n) is 23.3. The highest BCUT2D eigenvalue weighted by Gasteiger charge is 2.31. The molecule has 218 valence electrons. The van der Waals surface area contributed by atoms with Gasteiger partial charge in [-0.25, -0.2) is 4.79 Å². The van der Waals surface area contributed by atoms with Crippen molar-refractivity contribution in [1.82, 2.24) is 21.3 Å². The smallest absolute Gasteiger partial charge is 0.408 e. The van der Waals surface area contributed by atoms with Crippen LogP contribution in [-0.2, 0) is 30.3 Å². The molecule has 0 radical (unpaired) electrons. The van der Waals surface area contributed by atoms with Gasteiger partial charge in [0, 0.05) is 18.7 Å². The number of benzene rings is 1. The van der Waals surface area contributed by atoms with Crippen LogP contribution < -0.4 is 21.3 Å². The number of carboxylic acid groups (broad SMARTS) is 1. The van der Waals surface area contributed by atoms with Crippen molar-refractivity contribution in [2.45, 2.75) is 84.0 Å². The first kappa shape index (κ1) is 33.7. The van der Waals surface area contributed by atoms with Crippen molar-refractivity contribution in [2.24, 2.45) is 5.92 Å². The molecule has 0 saturated carbocycles. The predicted octanol–water partition coefficient (Wildman–Crippen LogP) is 2.05. The van der Waals surface area contributed by atoms with Crippen molar-refractivity contribution in [1.29, 1.82) is 0 Å². The fraction of sp³-hybridized carbons (Fsp3) is 0.593. The van der Waals surface area contributed by atoms with Gasteiger partial charge < -0.3 is 31.1 Å². The second-order valence-electron chi connectivity index (χ2n) is 10.6. The molecule has 0 aliphatic carbocycles. The molecule has 11 nitrogen and oxygen atoms in total. The minimum absolute atomic E-state index is 0.00788. The highest BCUT2D eigenvalue weighted by Crippen LogP contribution is 2.10. The maximum Gasteiger partial charge on any atom is 0.408 e. The van der Waals surface area contributed by atoms with Gasteiger partial charge in [0.05, 0.1) is 0 Å². The van der Waals surface area contributed by atoms with E-state index in [4.69, 9.17) is 9.84 Å². The molecular formula is C27H42N4O7S. The maximum absolute atomic E-state index is 13.1. The molecule has 1 unspecified atom stereocenters. The number of hydrogen-bond donors (Lipinski definition) is 6. The molecule has 12 heteroatoms. The van der Waals surface area contributed by atoms with E-state index < -0.39 is 53.5 Å². The van der Waals surface area contributed by atoms with Crippen molar-refractivity contribution in [2.75, 3.05) is 12.3 Å². The van der Waals surface area contributed by atoms with E-state index in [1.165, 1.54) is 0 Å². The minimum Gasteiger partial charge on any atom is -0.481 e. The number of rotatable bonds is 15. The van der Waals surface area contributed by atoms with Gasteiger partial charge in [0.1, 0.15) is 23.7 Å². The number of amides is 4. The minimum atomic E-state index is -1.25. The number of hydrogen-bond acceptors (Lipinski definition) is 7. The third-order valence-corrected chi connectivity index (χ3v) is 5.73. The Balaban J connectivity index is 2.87. The number of nitrogens with one attached hydrogen (secondary N) is 4. The molecular weight excluding hydrogens is 524 g/mol. The molecule has 0 fully saturated rings. The molecule has 4 amide bonds. The third kappa shape index (κ3) is 14.4. The molecule has 0 aliphatic rings. The summed E-state index contributed by atoms with van der Waals surface area (Å²) >= 11 is 4.20. The molecule has 0 saturated heterocycles. The Morgan fingerprint density at radius 2 is 1.49 bits per heavy atom. The standard InChI is InChI=1S/C27H42N4O7S/c1-17(2)15-20(29-24(35)19(11-12-22(32)33)31-26(37)38-27(3,4)5)25(36)30-21(16-39)23(34)28-14-13-18-9-7-6-8-10-18/h6-10,17,19-21,39H,11-16H2,1-5H3,(H,28,34)(H,29,35)(H,30,36)(H,31,37)(H,32,33)/t19?,20-,21-/m0/s1. The average molecular weight is 567 g/mol. The summed E-state index contributed by atoms with van der Waals surface area (Å²) in [6.07, 6.45) is -0.627. The summed E-state index contributed by atoms with van der Waals surface area (Å²) in [4.78, 5) is 62.3. The highest BCUT2D eigenvalue weighted by atomic mass is 32.1. The number of aliphatic carboxylic acids is 1. The Bertz CT molecular complexity index is 967. The number of alkyl carbamates (subject to hydrolysis) is 1. The van der Waals surface area contributed by atoms with Crippen molar-refractivity contribution >= 4 is 42.4 Å².